The lowest BCUT2D eigenvalue weighted by molar-refractivity contribution is 0.0917. The van der Waals surface area contributed by atoms with Crippen molar-refractivity contribution in [3.8, 4) is 5.75 Å². The second kappa shape index (κ2) is 6.79. The molecule has 0 radical (unpaired) electrons. The maximum atomic E-state index is 12.3. The van der Waals surface area contributed by atoms with Gasteiger partial charge in [-0.3, -0.25) is 9.59 Å². The molecule has 2 aromatic rings. The van der Waals surface area contributed by atoms with Crippen LogP contribution in [0.2, 0.25) is 0 Å². The van der Waals surface area contributed by atoms with E-state index in [0.29, 0.717) is 17.7 Å². The third-order valence-corrected chi connectivity index (χ3v) is 4.54. The van der Waals surface area contributed by atoms with E-state index in [-0.39, 0.29) is 24.4 Å². The molecule has 0 saturated heterocycles. The fourth-order valence-electron chi connectivity index (χ4n) is 2.36. The molecule has 0 aliphatic carbocycles. The molecule has 3 nitrogen and oxygen atoms in total. The Bertz CT molecular complexity index is 695. The second-order valence-electron chi connectivity index (χ2n) is 5.07. The van der Waals surface area contributed by atoms with Crippen molar-refractivity contribution >= 4 is 23.3 Å². The average molecular weight is 312 g/mol. The van der Waals surface area contributed by atoms with Crippen LogP contribution >= 0.6 is 11.8 Å². The van der Waals surface area contributed by atoms with Crippen LogP contribution in [0.25, 0.3) is 0 Å². The highest BCUT2D eigenvalue weighted by Gasteiger charge is 2.15. The fourth-order valence-corrected chi connectivity index (χ4v) is 3.22. The number of hydrogen-bond donors (Lipinski definition) is 0. The van der Waals surface area contributed by atoms with Crippen molar-refractivity contribution in [1.82, 2.24) is 0 Å². The van der Waals surface area contributed by atoms with Crippen molar-refractivity contribution in [3.63, 3.8) is 0 Å². The van der Waals surface area contributed by atoms with Crippen LogP contribution < -0.4 is 4.74 Å². The van der Waals surface area contributed by atoms with E-state index >= 15 is 0 Å². The highest BCUT2D eigenvalue weighted by molar-refractivity contribution is 7.99. The highest BCUT2D eigenvalue weighted by Crippen LogP contribution is 2.34. The minimum Gasteiger partial charge on any atom is -0.492 e. The molecular weight excluding hydrogens is 296 g/mol. The maximum Gasteiger partial charge on any atom is 0.163 e. The van der Waals surface area contributed by atoms with Crippen LogP contribution in [0.5, 0.6) is 5.75 Å². The summed E-state index contributed by atoms with van der Waals surface area (Å²) in [5.74, 6) is 1.74. The van der Waals surface area contributed by atoms with Crippen LogP contribution in [0, 0.1) is 0 Å². The van der Waals surface area contributed by atoms with E-state index in [1.807, 2.05) is 30.3 Å². The molecule has 1 aliphatic rings. The SMILES string of the molecule is O=C(CCC(=O)c1ccc2c(c1)SCCO2)c1ccccc1. The van der Waals surface area contributed by atoms with Gasteiger partial charge in [-0.1, -0.05) is 30.3 Å². The molecule has 0 unspecified atom stereocenters. The molecule has 3 rings (SSSR count). The molecule has 1 aliphatic heterocycles. The van der Waals surface area contributed by atoms with Gasteiger partial charge in [0.15, 0.2) is 11.6 Å². The van der Waals surface area contributed by atoms with E-state index in [9.17, 15) is 9.59 Å². The van der Waals surface area contributed by atoms with E-state index < -0.39 is 0 Å². The summed E-state index contributed by atoms with van der Waals surface area (Å²) in [6, 6.07) is 14.6. The van der Waals surface area contributed by atoms with Gasteiger partial charge >= 0.3 is 0 Å². The number of hydrogen-bond acceptors (Lipinski definition) is 4. The van der Waals surface area contributed by atoms with Gasteiger partial charge in [-0.2, -0.15) is 0 Å². The number of carbonyl (C=O) groups excluding carboxylic acids is 2. The first kappa shape index (κ1) is 14.9. The molecule has 112 valence electrons. The zero-order chi connectivity index (χ0) is 15.4. The van der Waals surface area contributed by atoms with Crippen molar-refractivity contribution in [1.29, 1.82) is 0 Å². The van der Waals surface area contributed by atoms with Crippen LogP contribution in [0.15, 0.2) is 53.4 Å². The Morgan fingerprint density at radius 3 is 2.45 bits per heavy atom. The van der Waals surface area contributed by atoms with Crippen molar-refractivity contribution in [2.24, 2.45) is 0 Å². The van der Waals surface area contributed by atoms with Crippen LogP contribution in [-0.4, -0.2) is 23.9 Å². The Morgan fingerprint density at radius 1 is 0.955 bits per heavy atom. The van der Waals surface area contributed by atoms with E-state index in [1.54, 1.807) is 30.0 Å². The second-order valence-corrected chi connectivity index (χ2v) is 6.21. The highest BCUT2D eigenvalue weighted by atomic mass is 32.2. The van der Waals surface area contributed by atoms with Crippen LogP contribution in [0.4, 0.5) is 0 Å². The summed E-state index contributed by atoms with van der Waals surface area (Å²) in [6.07, 6.45) is 0.474. The molecule has 22 heavy (non-hydrogen) atoms. The predicted molar refractivity (Wildman–Crippen MR) is 87.0 cm³/mol. The standard InChI is InChI=1S/C18H16O3S/c19-15(13-4-2-1-3-5-13)7-8-16(20)14-6-9-17-18(12-14)22-11-10-21-17/h1-6,9,12H,7-8,10-11H2. The van der Waals surface area contributed by atoms with Gasteiger partial charge < -0.3 is 4.74 Å². The number of rotatable bonds is 5. The number of thioether (sulfide) groups is 1. The molecule has 0 spiro atoms. The Morgan fingerprint density at radius 2 is 1.68 bits per heavy atom. The third kappa shape index (κ3) is 3.39. The summed E-state index contributed by atoms with van der Waals surface area (Å²) in [5.41, 5.74) is 1.31. The minimum absolute atomic E-state index is 0.00162. The van der Waals surface area contributed by atoms with Crippen molar-refractivity contribution in [2.45, 2.75) is 17.7 Å². The topological polar surface area (TPSA) is 43.4 Å². The minimum atomic E-state index is -0.00162. The molecule has 0 aromatic heterocycles. The van der Waals surface area contributed by atoms with Gasteiger partial charge in [0, 0.05) is 29.7 Å². The zero-order valence-corrected chi connectivity index (χ0v) is 12.9. The maximum absolute atomic E-state index is 12.3. The molecule has 0 bridgehead atoms. The van der Waals surface area contributed by atoms with Gasteiger partial charge in [0.1, 0.15) is 5.75 Å². The van der Waals surface area contributed by atoms with E-state index in [2.05, 4.69) is 0 Å². The first-order valence-electron chi connectivity index (χ1n) is 7.25. The normalized spacial score (nSPS) is 13.1. The zero-order valence-electron chi connectivity index (χ0n) is 12.1. The Labute approximate surface area is 133 Å². The predicted octanol–water partition coefficient (Wildman–Crippen LogP) is 4.02. The summed E-state index contributed by atoms with van der Waals surface area (Å²) in [7, 11) is 0. The lowest BCUT2D eigenvalue weighted by Crippen LogP contribution is -2.09. The summed E-state index contributed by atoms with van der Waals surface area (Å²) < 4.78 is 5.53. The lowest BCUT2D eigenvalue weighted by atomic mass is 10.0. The van der Waals surface area contributed by atoms with Gasteiger partial charge in [-0.05, 0) is 18.2 Å². The van der Waals surface area contributed by atoms with Crippen LogP contribution in [0.3, 0.4) is 0 Å². The molecule has 0 saturated carbocycles. The number of benzene rings is 2. The molecule has 0 atom stereocenters. The van der Waals surface area contributed by atoms with E-state index in [4.69, 9.17) is 4.74 Å². The van der Waals surface area contributed by atoms with Gasteiger partial charge in [-0.25, -0.2) is 0 Å². The van der Waals surface area contributed by atoms with Crippen molar-refractivity contribution in [3.05, 3.63) is 59.7 Å². The molecular formula is C18H16O3S. The van der Waals surface area contributed by atoms with Gasteiger partial charge in [0.05, 0.1) is 11.5 Å². The van der Waals surface area contributed by atoms with Gasteiger partial charge in [0.25, 0.3) is 0 Å². The monoisotopic (exact) mass is 312 g/mol. The summed E-state index contributed by atoms with van der Waals surface area (Å²) in [5, 5.41) is 0. The average Bonchev–Trinajstić information content (AvgIpc) is 2.59. The third-order valence-electron chi connectivity index (χ3n) is 3.54. The summed E-state index contributed by atoms with van der Waals surface area (Å²) in [6.45, 7) is 0.705. The van der Waals surface area contributed by atoms with Crippen LogP contribution in [0.1, 0.15) is 33.6 Å². The first-order valence-corrected chi connectivity index (χ1v) is 8.24. The van der Waals surface area contributed by atoms with Gasteiger partial charge in [-0.15, -0.1) is 11.8 Å². The molecule has 2 aromatic carbocycles. The number of fused-ring (bicyclic) bond motifs is 1. The van der Waals surface area contributed by atoms with E-state index in [0.717, 1.165) is 16.4 Å². The number of Topliss-reactive ketones (excluding diaryl/α,β-unsaturated/α-hetero) is 2. The molecule has 0 fully saturated rings. The van der Waals surface area contributed by atoms with Crippen molar-refractivity contribution < 1.29 is 14.3 Å². The molecule has 0 amide bonds. The summed E-state index contributed by atoms with van der Waals surface area (Å²) >= 11 is 1.70. The Balaban J connectivity index is 1.64. The first-order chi connectivity index (χ1) is 10.7. The Hall–Kier alpha value is -2.07. The smallest absolute Gasteiger partial charge is 0.163 e. The molecule has 0 N–H and O–H groups in total. The largest absolute Gasteiger partial charge is 0.492 e. The quantitative estimate of drug-likeness (QED) is 0.782. The molecule has 4 heteroatoms. The Kier molecular flexibility index (Phi) is 4.59. The fraction of sp³-hybridized carbons (Fsp3) is 0.222. The number of carbonyl (C=O) groups is 2. The van der Waals surface area contributed by atoms with E-state index in [1.165, 1.54) is 0 Å². The lowest BCUT2D eigenvalue weighted by Gasteiger charge is -2.17. The van der Waals surface area contributed by atoms with Gasteiger partial charge in [0.2, 0.25) is 0 Å². The van der Waals surface area contributed by atoms with Crippen LogP contribution in [-0.2, 0) is 0 Å². The number of ether oxygens (including phenoxy) is 1. The van der Waals surface area contributed by atoms with Crippen molar-refractivity contribution in [2.75, 3.05) is 12.4 Å². The number of ketones is 2. The molecule has 1 heterocycles. The summed E-state index contributed by atoms with van der Waals surface area (Å²) in [4.78, 5) is 25.3.